The van der Waals surface area contributed by atoms with E-state index in [1.54, 1.807) is 0 Å². The van der Waals surface area contributed by atoms with Gasteiger partial charge in [-0.1, -0.05) is 12.1 Å². The minimum Gasteiger partial charge on any atom is -0.361 e. The quantitative estimate of drug-likeness (QED) is 0.705. The summed E-state index contributed by atoms with van der Waals surface area (Å²) < 4.78 is 0. The molecule has 3 rings (SSSR count). The number of piperazine rings is 1. The molecule has 4 nitrogen and oxygen atoms in total. The van der Waals surface area contributed by atoms with E-state index >= 15 is 0 Å². The lowest BCUT2D eigenvalue weighted by Crippen LogP contribution is -2.60. The summed E-state index contributed by atoms with van der Waals surface area (Å²) in [5.41, 5.74) is 1.96. The molecular weight excluding hydrogens is 214 g/mol. The van der Waals surface area contributed by atoms with Gasteiger partial charge in [-0.15, -0.1) is 0 Å². The summed E-state index contributed by atoms with van der Waals surface area (Å²) in [5, 5.41) is 6.38. The summed E-state index contributed by atoms with van der Waals surface area (Å²) in [6, 6.07) is 8.05. The zero-order valence-electron chi connectivity index (χ0n) is 9.99. The third kappa shape index (κ3) is 1.69. The zero-order chi connectivity index (χ0) is 11.9. The van der Waals surface area contributed by atoms with Gasteiger partial charge in [-0.2, -0.15) is 0 Å². The van der Waals surface area contributed by atoms with Crippen LogP contribution in [0.15, 0.2) is 24.3 Å². The molecule has 1 atom stereocenters. The van der Waals surface area contributed by atoms with Crippen LogP contribution >= 0.6 is 0 Å². The highest BCUT2D eigenvalue weighted by atomic mass is 16.1. The highest BCUT2D eigenvalue weighted by molar-refractivity contribution is 5.97. The van der Waals surface area contributed by atoms with E-state index in [0.29, 0.717) is 6.42 Å². The molecule has 0 saturated carbocycles. The van der Waals surface area contributed by atoms with Crippen LogP contribution in [0.4, 0.5) is 11.4 Å². The molecule has 1 amide bonds. The molecule has 0 aliphatic carbocycles. The van der Waals surface area contributed by atoms with Crippen molar-refractivity contribution in [2.45, 2.75) is 18.9 Å². The largest absolute Gasteiger partial charge is 0.361 e. The van der Waals surface area contributed by atoms with Crippen molar-refractivity contribution >= 4 is 17.3 Å². The highest BCUT2D eigenvalue weighted by Crippen LogP contribution is 2.36. The molecule has 2 aliphatic rings. The maximum atomic E-state index is 11.9. The number of carbonyl (C=O) groups excluding carboxylic acids is 1. The second kappa shape index (κ2) is 3.74. The third-order valence-electron chi connectivity index (χ3n) is 3.68. The Morgan fingerprint density at radius 1 is 1.35 bits per heavy atom. The summed E-state index contributed by atoms with van der Waals surface area (Å²) in [5.74, 6) is 0.103. The molecule has 1 fully saturated rings. The van der Waals surface area contributed by atoms with Gasteiger partial charge < -0.3 is 15.5 Å². The van der Waals surface area contributed by atoms with Crippen LogP contribution in [0.1, 0.15) is 13.3 Å². The summed E-state index contributed by atoms with van der Waals surface area (Å²) in [6.07, 6.45) is 0.536. The lowest BCUT2D eigenvalue weighted by molar-refractivity contribution is -0.117. The normalized spacial score (nSPS) is 27.8. The van der Waals surface area contributed by atoms with Crippen molar-refractivity contribution in [2.24, 2.45) is 0 Å². The maximum Gasteiger partial charge on any atom is 0.226 e. The molecule has 0 spiro atoms. The van der Waals surface area contributed by atoms with Gasteiger partial charge in [-0.05, 0) is 19.1 Å². The molecule has 1 saturated heterocycles. The van der Waals surface area contributed by atoms with Gasteiger partial charge in [-0.3, -0.25) is 4.79 Å². The molecule has 2 N–H and O–H groups in total. The molecule has 2 heterocycles. The molecule has 90 valence electrons. The van der Waals surface area contributed by atoms with Crippen LogP contribution < -0.4 is 15.5 Å². The number of amides is 1. The first-order valence-electron chi connectivity index (χ1n) is 6.06. The average Bonchev–Trinajstić information content (AvgIpc) is 2.41. The van der Waals surface area contributed by atoms with E-state index in [1.165, 1.54) is 0 Å². The molecule has 0 radical (unpaired) electrons. The van der Waals surface area contributed by atoms with Gasteiger partial charge in [0.05, 0.1) is 23.3 Å². The van der Waals surface area contributed by atoms with Crippen LogP contribution in [0.3, 0.4) is 0 Å². The Hall–Kier alpha value is -1.55. The number of benzene rings is 1. The van der Waals surface area contributed by atoms with E-state index < -0.39 is 0 Å². The lowest BCUT2D eigenvalue weighted by Gasteiger charge is -2.45. The summed E-state index contributed by atoms with van der Waals surface area (Å²) >= 11 is 0. The van der Waals surface area contributed by atoms with Gasteiger partial charge in [0.2, 0.25) is 5.91 Å². The van der Waals surface area contributed by atoms with E-state index in [-0.39, 0.29) is 11.4 Å². The van der Waals surface area contributed by atoms with Crippen LogP contribution in [0.25, 0.3) is 0 Å². The predicted octanol–water partition coefficient (Wildman–Crippen LogP) is 1.20. The van der Waals surface area contributed by atoms with Crippen LogP contribution in [-0.2, 0) is 4.79 Å². The number of hydrogen-bond acceptors (Lipinski definition) is 3. The fraction of sp³-hybridized carbons (Fsp3) is 0.462. The number of hydrogen-bond donors (Lipinski definition) is 2. The molecule has 1 aromatic carbocycles. The summed E-state index contributed by atoms with van der Waals surface area (Å²) in [4.78, 5) is 14.3. The number of fused-ring (bicyclic) bond motifs is 3. The van der Waals surface area contributed by atoms with Crippen LogP contribution in [0.5, 0.6) is 0 Å². The van der Waals surface area contributed by atoms with Gasteiger partial charge in [0.1, 0.15) is 0 Å². The fourth-order valence-corrected chi connectivity index (χ4v) is 2.84. The van der Waals surface area contributed by atoms with E-state index in [4.69, 9.17) is 0 Å². The zero-order valence-corrected chi connectivity index (χ0v) is 9.99. The van der Waals surface area contributed by atoms with Gasteiger partial charge in [0, 0.05) is 19.6 Å². The molecule has 2 aliphatic heterocycles. The van der Waals surface area contributed by atoms with Crippen molar-refractivity contribution in [1.29, 1.82) is 0 Å². The Morgan fingerprint density at radius 3 is 3.06 bits per heavy atom. The van der Waals surface area contributed by atoms with E-state index in [2.05, 4.69) is 28.5 Å². The molecule has 17 heavy (non-hydrogen) atoms. The summed E-state index contributed by atoms with van der Waals surface area (Å²) in [6.45, 7) is 4.93. The van der Waals surface area contributed by atoms with Gasteiger partial charge in [0.15, 0.2) is 0 Å². The predicted molar refractivity (Wildman–Crippen MR) is 68.3 cm³/mol. The Labute approximate surface area is 101 Å². The third-order valence-corrected chi connectivity index (χ3v) is 3.68. The number of nitrogens with one attached hydrogen (secondary N) is 2. The molecule has 1 unspecified atom stereocenters. The Balaban J connectivity index is 2.11. The number of carbonyl (C=O) groups is 1. The second-order valence-electron chi connectivity index (χ2n) is 5.07. The first kappa shape index (κ1) is 10.6. The van der Waals surface area contributed by atoms with Crippen molar-refractivity contribution in [1.82, 2.24) is 5.32 Å². The number of rotatable bonds is 0. The first-order valence-corrected chi connectivity index (χ1v) is 6.06. The van der Waals surface area contributed by atoms with Crippen LogP contribution in [-0.4, -0.2) is 31.1 Å². The highest BCUT2D eigenvalue weighted by Gasteiger charge is 2.39. The molecule has 0 aromatic heterocycles. The fourth-order valence-electron chi connectivity index (χ4n) is 2.84. The minimum absolute atomic E-state index is 0.103. The topological polar surface area (TPSA) is 44.4 Å². The van der Waals surface area contributed by atoms with E-state index in [9.17, 15) is 4.79 Å². The molecule has 4 heteroatoms. The number of nitrogens with zero attached hydrogens (tertiary/aromatic N) is 1. The van der Waals surface area contributed by atoms with Crippen molar-refractivity contribution in [3.8, 4) is 0 Å². The Bertz CT molecular complexity index is 460. The Kier molecular flexibility index (Phi) is 2.33. The van der Waals surface area contributed by atoms with Crippen molar-refractivity contribution in [3.05, 3.63) is 24.3 Å². The maximum absolute atomic E-state index is 11.9. The van der Waals surface area contributed by atoms with Gasteiger partial charge in [0.25, 0.3) is 0 Å². The Morgan fingerprint density at radius 2 is 2.18 bits per heavy atom. The second-order valence-corrected chi connectivity index (χ2v) is 5.07. The first-order chi connectivity index (χ1) is 8.19. The SMILES string of the molecule is CC12CNCCN1c1ccccc1NC(=O)C2. The monoisotopic (exact) mass is 231 g/mol. The number of para-hydroxylation sites is 2. The lowest BCUT2D eigenvalue weighted by atomic mass is 9.92. The average molecular weight is 231 g/mol. The summed E-state index contributed by atoms with van der Waals surface area (Å²) in [7, 11) is 0. The standard InChI is InChI=1S/C13H17N3O/c1-13-8-12(17)15-10-4-2-3-5-11(10)16(13)7-6-14-9-13/h2-5,14H,6-9H2,1H3,(H,15,17). The van der Waals surface area contributed by atoms with Crippen molar-refractivity contribution < 1.29 is 4.79 Å². The van der Waals surface area contributed by atoms with Crippen molar-refractivity contribution in [3.63, 3.8) is 0 Å². The minimum atomic E-state index is -0.116. The van der Waals surface area contributed by atoms with Gasteiger partial charge >= 0.3 is 0 Å². The molecule has 1 aromatic rings. The molecule has 0 bridgehead atoms. The van der Waals surface area contributed by atoms with Crippen molar-refractivity contribution in [2.75, 3.05) is 29.9 Å². The smallest absolute Gasteiger partial charge is 0.226 e. The van der Waals surface area contributed by atoms with Crippen LogP contribution in [0, 0.1) is 0 Å². The van der Waals surface area contributed by atoms with Gasteiger partial charge in [-0.25, -0.2) is 0 Å². The molecular formula is C13H17N3O. The van der Waals surface area contributed by atoms with Crippen LogP contribution in [0.2, 0.25) is 0 Å². The van der Waals surface area contributed by atoms with E-state index in [1.807, 2.05) is 18.2 Å². The number of anilines is 2. The van der Waals surface area contributed by atoms with E-state index in [0.717, 1.165) is 31.0 Å².